The molecule has 1 aromatic carbocycles. The van der Waals surface area contributed by atoms with Gasteiger partial charge in [0.25, 0.3) is 0 Å². The summed E-state index contributed by atoms with van der Waals surface area (Å²) in [6.45, 7) is 9.89. The molecule has 0 radical (unpaired) electrons. The molecule has 0 amide bonds. The van der Waals surface area contributed by atoms with Gasteiger partial charge in [-0.3, -0.25) is 0 Å². The third-order valence-corrected chi connectivity index (χ3v) is 3.74. The van der Waals surface area contributed by atoms with Gasteiger partial charge in [0, 0.05) is 5.92 Å². The number of rotatable bonds is 7. The van der Waals surface area contributed by atoms with Crippen molar-refractivity contribution in [2.75, 3.05) is 6.61 Å². The minimum atomic E-state index is -0.979. The van der Waals surface area contributed by atoms with Crippen LogP contribution in [0.2, 0.25) is 0 Å². The molecule has 0 fully saturated rings. The van der Waals surface area contributed by atoms with Crippen molar-refractivity contribution < 1.29 is 13.9 Å². The van der Waals surface area contributed by atoms with Gasteiger partial charge in [0.2, 0.25) is 0 Å². The summed E-state index contributed by atoms with van der Waals surface area (Å²) in [6.07, 6.45) is 0.588. The Hall–Kier alpha value is -1.26. The first-order chi connectivity index (χ1) is 9.68. The molecule has 0 aromatic heterocycles. The minimum absolute atomic E-state index is 0.114. The van der Waals surface area contributed by atoms with E-state index in [4.69, 9.17) is 10.5 Å². The molecule has 0 saturated heterocycles. The Kier molecular flexibility index (Phi) is 6.05. The quantitative estimate of drug-likeness (QED) is 0.786. The molecule has 2 N–H and O–H groups in total. The van der Waals surface area contributed by atoms with Crippen molar-refractivity contribution in [2.45, 2.75) is 52.2 Å². The van der Waals surface area contributed by atoms with E-state index in [9.17, 15) is 9.18 Å². The van der Waals surface area contributed by atoms with Crippen molar-refractivity contribution in [3.05, 3.63) is 35.1 Å². The van der Waals surface area contributed by atoms with Crippen LogP contribution in [-0.2, 0) is 9.53 Å². The fourth-order valence-electron chi connectivity index (χ4n) is 2.62. The summed E-state index contributed by atoms with van der Waals surface area (Å²) in [5, 5.41) is 0. The third-order valence-electron chi connectivity index (χ3n) is 3.74. The highest BCUT2D eigenvalue weighted by Crippen LogP contribution is 2.32. The molecule has 0 aliphatic rings. The SMILES string of the molecule is Cc1cc(F)ccc1[C@H](C(C)C)[C@H](C)OC[C@@](C)(N)C=O. The summed E-state index contributed by atoms with van der Waals surface area (Å²) in [6, 6.07) is 4.83. The molecule has 0 heterocycles. The lowest BCUT2D eigenvalue weighted by Gasteiger charge is -2.31. The molecule has 0 saturated carbocycles. The Morgan fingerprint density at radius 1 is 1.38 bits per heavy atom. The molecular formula is C17H26FNO2. The standard InChI is InChI=1S/C17H26FNO2/c1-11(2)16(13(4)21-10-17(5,19)9-20)15-7-6-14(18)8-12(15)3/h6-9,11,13,16H,10,19H2,1-5H3/t13-,16+,17-/m0/s1. The van der Waals surface area contributed by atoms with Crippen LogP contribution in [0.3, 0.4) is 0 Å². The smallest absolute Gasteiger partial charge is 0.141 e. The maximum Gasteiger partial charge on any atom is 0.141 e. The highest BCUT2D eigenvalue weighted by atomic mass is 19.1. The van der Waals surface area contributed by atoms with Crippen LogP contribution in [0.1, 0.15) is 44.7 Å². The number of nitrogens with two attached hydrogens (primary N) is 1. The van der Waals surface area contributed by atoms with Gasteiger partial charge in [0.1, 0.15) is 12.1 Å². The van der Waals surface area contributed by atoms with E-state index in [1.54, 1.807) is 6.92 Å². The number of carbonyl (C=O) groups is 1. The van der Waals surface area contributed by atoms with Crippen LogP contribution in [0.5, 0.6) is 0 Å². The predicted octanol–water partition coefficient (Wildman–Crippen LogP) is 3.20. The molecule has 0 bridgehead atoms. The molecule has 3 atom stereocenters. The Labute approximate surface area is 126 Å². The Morgan fingerprint density at radius 3 is 2.48 bits per heavy atom. The van der Waals surface area contributed by atoms with Gasteiger partial charge in [-0.1, -0.05) is 19.9 Å². The van der Waals surface area contributed by atoms with E-state index in [1.807, 2.05) is 19.9 Å². The van der Waals surface area contributed by atoms with Crippen LogP contribution in [0.4, 0.5) is 4.39 Å². The number of aldehydes is 1. The topological polar surface area (TPSA) is 52.3 Å². The number of carbonyl (C=O) groups excluding carboxylic acids is 1. The Bertz CT molecular complexity index is 486. The van der Waals surface area contributed by atoms with Crippen molar-refractivity contribution >= 4 is 6.29 Å². The largest absolute Gasteiger partial charge is 0.375 e. The van der Waals surface area contributed by atoms with E-state index < -0.39 is 5.54 Å². The molecule has 21 heavy (non-hydrogen) atoms. The normalized spacial score (nSPS) is 17.3. The first-order valence-electron chi connectivity index (χ1n) is 7.31. The molecule has 0 unspecified atom stereocenters. The number of aryl methyl sites for hydroxylation is 1. The summed E-state index contributed by atoms with van der Waals surface area (Å²) in [5.41, 5.74) is 6.79. The lowest BCUT2D eigenvalue weighted by Crippen LogP contribution is -2.44. The van der Waals surface area contributed by atoms with Gasteiger partial charge in [-0.25, -0.2) is 4.39 Å². The van der Waals surface area contributed by atoms with Gasteiger partial charge >= 0.3 is 0 Å². The molecule has 0 spiro atoms. The molecule has 4 heteroatoms. The molecular weight excluding hydrogens is 269 g/mol. The highest BCUT2D eigenvalue weighted by molar-refractivity contribution is 5.63. The zero-order valence-electron chi connectivity index (χ0n) is 13.5. The van der Waals surface area contributed by atoms with Crippen LogP contribution < -0.4 is 5.73 Å². The molecule has 0 aliphatic heterocycles. The number of benzene rings is 1. The van der Waals surface area contributed by atoms with E-state index in [1.165, 1.54) is 12.1 Å². The second-order valence-electron chi connectivity index (χ2n) is 6.41. The second kappa shape index (κ2) is 7.14. The van der Waals surface area contributed by atoms with Crippen LogP contribution in [-0.4, -0.2) is 24.5 Å². The van der Waals surface area contributed by atoms with E-state index in [-0.39, 0.29) is 24.4 Å². The summed E-state index contributed by atoms with van der Waals surface area (Å²) in [5.74, 6) is 0.209. The maximum atomic E-state index is 13.3. The number of halogens is 1. The lowest BCUT2D eigenvalue weighted by molar-refractivity contribution is -0.114. The fourth-order valence-corrected chi connectivity index (χ4v) is 2.62. The average Bonchev–Trinajstić information content (AvgIpc) is 2.39. The lowest BCUT2D eigenvalue weighted by atomic mass is 9.82. The molecule has 0 aliphatic carbocycles. The van der Waals surface area contributed by atoms with E-state index in [0.29, 0.717) is 12.2 Å². The highest BCUT2D eigenvalue weighted by Gasteiger charge is 2.27. The van der Waals surface area contributed by atoms with Gasteiger partial charge in [0.15, 0.2) is 0 Å². The molecule has 3 nitrogen and oxygen atoms in total. The summed E-state index contributed by atoms with van der Waals surface area (Å²) >= 11 is 0. The van der Waals surface area contributed by atoms with E-state index >= 15 is 0 Å². The average molecular weight is 295 g/mol. The third kappa shape index (κ3) is 4.90. The number of ether oxygens (including phenoxy) is 1. The van der Waals surface area contributed by atoms with Crippen molar-refractivity contribution in [3.63, 3.8) is 0 Å². The number of hydrogen-bond acceptors (Lipinski definition) is 3. The van der Waals surface area contributed by atoms with Gasteiger partial charge in [-0.05, 0) is 49.9 Å². The Morgan fingerprint density at radius 2 is 2.00 bits per heavy atom. The molecule has 1 rings (SSSR count). The van der Waals surface area contributed by atoms with Gasteiger partial charge in [0.05, 0.1) is 18.2 Å². The van der Waals surface area contributed by atoms with Crippen LogP contribution >= 0.6 is 0 Å². The monoisotopic (exact) mass is 295 g/mol. The molecule has 1 aromatic rings. The van der Waals surface area contributed by atoms with E-state index in [0.717, 1.165) is 11.1 Å². The maximum absolute atomic E-state index is 13.3. The second-order valence-corrected chi connectivity index (χ2v) is 6.41. The van der Waals surface area contributed by atoms with Crippen molar-refractivity contribution in [3.8, 4) is 0 Å². The Balaban J connectivity index is 2.93. The predicted molar refractivity (Wildman–Crippen MR) is 82.8 cm³/mol. The number of hydrogen-bond donors (Lipinski definition) is 1. The van der Waals surface area contributed by atoms with Crippen LogP contribution in [0.25, 0.3) is 0 Å². The summed E-state index contributed by atoms with van der Waals surface area (Å²) in [7, 11) is 0. The van der Waals surface area contributed by atoms with Crippen molar-refractivity contribution in [2.24, 2.45) is 11.7 Å². The van der Waals surface area contributed by atoms with Crippen LogP contribution in [0.15, 0.2) is 18.2 Å². The van der Waals surface area contributed by atoms with Gasteiger partial charge < -0.3 is 15.3 Å². The summed E-state index contributed by atoms with van der Waals surface area (Å²) in [4.78, 5) is 10.9. The minimum Gasteiger partial charge on any atom is -0.375 e. The molecule has 118 valence electrons. The van der Waals surface area contributed by atoms with E-state index in [2.05, 4.69) is 13.8 Å². The first kappa shape index (κ1) is 17.8. The van der Waals surface area contributed by atoms with Gasteiger partial charge in [-0.15, -0.1) is 0 Å². The van der Waals surface area contributed by atoms with Gasteiger partial charge in [-0.2, -0.15) is 0 Å². The van der Waals surface area contributed by atoms with Crippen molar-refractivity contribution in [1.29, 1.82) is 0 Å². The fraction of sp³-hybridized carbons (Fsp3) is 0.588. The van der Waals surface area contributed by atoms with Crippen molar-refractivity contribution in [1.82, 2.24) is 0 Å². The zero-order chi connectivity index (χ0) is 16.2. The summed E-state index contributed by atoms with van der Waals surface area (Å²) < 4.78 is 19.1. The first-order valence-corrected chi connectivity index (χ1v) is 7.31. The zero-order valence-corrected chi connectivity index (χ0v) is 13.5. The van der Waals surface area contributed by atoms with Crippen LogP contribution in [0, 0.1) is 18.7 Å².